The van der Waals surface area contributed by atoms with Gasteiger partial charge in [0.1, 0.15) is 11.8 Å². The zero-order chi connectivity index (χ0) is 18.0. The molecule has 0 amide bonds. The maximum Gasteiger partial charge on any atom is 0.338 e. The van der Waals surface area contributed by atoms with Crippen LogP contribution in [0, 0.1) is 0 Å². The summed E-state index contributed by atoms with van der Waals surface area (Å²) in [6, 6.07) is 7.07. The van der Waals surface area contributed by atoms with Crippen molar-refractivity contribution >= 4 is 11.9 Å². The summed E-state index contributed by atoms with van der Waals surface area (Å²) in [6.45, 7) is 7.93. The maximum atomic E-state index is 12.7. The number of aromatic nitrogens is 4. The molecule has 0 bridgehead atoms. The van der Waals surface area contributed by atoms with Crippen LogP contribution in [-0.2, 0) is 9.53 Å². The summed E-state index contributed by atoms with van der Waals surface area (Å²) in [6.07, 6.45) is -0.224. The molecule has 132 valence electrons. The zero-order valence-electron chi connectivity index (χ0n) is 14.7. The number of anilines is 1. The standard InChI is InChI=1S/C17H21N5O3/c1-5-24-13-8-6-7-12(9-13)15-14(16(23)25-10(2)3)11(4)18-17-19-20-21-22(15)17/h6-10,15H,5H2,1-4H3,(H,18,19,21). The van der Waals surface area contributed by atoms with Crippen LogP contribution in [0.2, 0.25) is 0 Å². The van der Waals surface area contributed by atoms with E-state index in [1.54, 1.807) is 4.68 Å². The molecule has 0 fully saturated rings. The summed E-state index contributed by atoms with van der Waals surface area (Å²) in [5.74, 6) is 0.806. The van der Waals surface area contributed by atoms with E-state index < -0.39 is 12.0 Å². The normalized spacial score (nSPS) is 16.4. The van der Waals surface area contributed by atoms with Crippen molar-refractivity contribution in [3.05, 3.63) is 41.1 Å². The van der Waals surface area contributed by atoms with E-state index in [9.17, 15) is 4.79 Å². The Kier molecular flexibility index (Phi) is 4.69. The fraction of sp³-hybridized carbons (Fsp3) is 0.412. The van der Waals surface area contributed by atoms with Crippen molar-refractivity contribution in [2.75, 3.05) is 11.9 Å². The Morgan fingerprint density at radius 2 is 2.20 bits per heavy atom. The first-order valence-corrected chi connectivity index (χ1v) is 8.20. The number of allylic oxidation sites excluding steroid dienone is 1. The second-order valence-corrected chi connectivity index (χ2v) is 5.97. The van der Waals surface area contributed by atoms with Gasteiger partial charge in [-0.25, -0.2) is 4.79 Å². The van der Waals surface area contributed by atoms with Crippen LogP contribution >= 0.6 is 0 Å². The first-order chi connectivity index (χ1) is 12.0. The highest BCUT2D eigenvalue weighted by atomic mass is 16.5. The lowest BCUT2D eigenvalue weighted by molar-refractivity contribution is -0.143. The molecular formula is C17H21N5O3. The summed E-state index contributed by atoms with van der Waals surface area (Å²) in [4.78, 5) is 12.7. The van der Waals surface area contributed by atoms with Crippen molar-refractivity contribution in [3.8, 4) is 5.75 Å². The SMILES string of the molecule is CCOc1cccc(C2C(C(=O)OC(C)C)=C(C)Nc3nnnn32)c1. The van der Waals surface area contributed by atoms with Crippen LogP contribution < -0.4 is 10.1 Å². The van der Waals surface area contributed by atoms with E-state index >= 15 is 0 Å². The van der Waals surface area contributed by atoms with Crippen molar-refractivity contribution in [1.29, 1.82) is 0 Å². The average molecular weight is 343 g/mol. The summed E-state index contributed by atoms with van der Waals surface area (Å²) in [5.41, 5.74) is 1.98. The smallest absolute Gasteiger partial charge is 0.338 e. The molecule has 0 saturated heterocycles. The first-order valence-electron chi connectivity index (χ1n) is 8.20. The quantitative estimate of drug-likeness (QED) is 0.833. The van der Waals surface area contributed by atoms with Crippen LogP contribution in [0.3, 0.4) is 0 Å². The number of ether oxygens (including phenoxy) is 2. The molecular weight excluding hydrogens is 322 g/mol. The van der Waals surface area contributed by atoms with Gasteiger partial charge in [0.15, 0.2) is 0 Å². The molecule has 2 aromatic rings. The number of carbonyl (C=O) groups is 1. The Morgan fingerprint density at radius 1 is 1.40 bits per heavy atom. The second kappa shape index (κ2) is 6.92. The van der Waals surface area contributed by atoms with Crippen LogP contribution in [0.1, 0.15) is 39.3 Å². The molecule has 0 saturated carbocycles. The predicted molar refractivity (Wildman–Crippen MR) is 91.1 cm³/mol. The zero-order valence-corrected chi connectivity index (χ0v) is 14.7. The van der Waals surface area contributed by atoms with Crippen molar-refractivity contribution in [3.63, 3.8) is 0 Å². The maximum absolute atomic E-state index is 12.7. The molecule has 1 aromatic heterocycles. The third kappa shape index (κ3) is 3.33. The van der Waals surface area contributed by atoms with E-state index in [1.807, 2.05) is 52.0 Å². The van der Waals surface area contributed by atoms with E-state index in [0.717, 1.165) is 11.3 Å². The van der Waals surface area contributed by atoms with Crippen LogP contribution in [-0.4, -0.2) is 38.9 Å². The highest BCUT2D eigenvalue weighted by Crippen LogP contribution is 2.36. The Labute approximate surface area is 145 Å². The molecule has 8 heteroatoms. The first kappa shape index (κ1) is 16.9. The van der Waals surface area contributed by atoms with Crippen LogP contribution in [0.5, 0.6) is 5.75 Å². The average Bonchev–Trinajstić information content (AvgIpc) is 3.01. The van der Waals surface area contributed by atoms with Gasteiger partial charge < -0.3 is 14.8 Å². The van der Waals surface area contributed by atoms with Crippen molar-refractivity contribution < 1.29 is 14.3 Å². The second-order valence-electron chi connectivity index (χ2n) is 5.97. The minimum Gasteiger partial charge on any atom is -0.494 e. The summed E-state index contributed by atoms with van der Waals surface area (Å²) >= 11 is 0. The Bertz CT molecular complexity index is 812. The molecule has 1 aromatic carbocycles. The third-order valence-electron chi connectivity index (χ3n) is 3.76. The number of hydrogen-bond acceptors (Lipinski definition) is 7. The lowest BCUT2D eigenvalue weighted by Crippen LogP contribution is -2.30. The molecule has 1 aliphatic rings. The number of rotatable bonds is 5. The van der Waals surface area contributed by atoms with Crippen LogP contribution in [0.25, 0.3) is 0 Å². The van der Waals surface area contributed by atoms with Crippen LogP contribution in [0.15, 0.2) is 35.5 Å². The third-order valence-corrected chi connectivity index (χ3v) is 3.76. The monoisotopic (exact) mass is 343 g/mol. The van der Waals surface area contributed by atoms with Gasteiger partial charge in [0.05, 0.1) is 18.3 Å². The number of tetrazole rings is 1. The highest BCUT2D eigenvalue weighted by molar-refractivity contribution is 5.92. The van der Waals surface area contributed by atoms with E-state index in [-0.39, 0.29) is 6.10 Å². The molecule has 0 radical (unpaired) electrons. The molecule has 0 aliphatic carbocycles. The lowest BCUT2D eigenvalue weighted by Gasteiger charge is -2.28. The predicted octanol–water partition coefficient (Wildman–Crippen LogP) is 2.31. The molecule has 1 atom stereocenters. The molecule has 1 aliphatic heterocycles. The number of esters is 1. The van der Waals surface area contributed by atoms with Crippen molar-refractivity contribution in [2.24, 2.45) is 0 Å². The minimum atomic E-state index is -0.488. The number of benzene rings is 1. The molecule has 1 unspecified atom stereocenters. The van der Waals surface area contributed by atoms with Gasteiger partial charge in [0.25, 0.3) is 0 Å². The van der Waals surface area contributed by atoms with Gasteiger partial charge in [0, 0.05) is 5.70 Å². The summed E-state index contributed by atoms with van der Waals surface area (Å²) in [5, 5.41) is 14.8. The Morgan fingerprint density at radius 3 is 2.92 bits per heavy atom. The van der Waals surface area contributed by atoms with Crippen molar-refractivity contribution in [2.45, 2.75) is 39.8 Å². The van der Waals surface area contributed by atoms with Gasteiger partial charge in [-0.2, -0.15) is 4.68 Å². The molecule has 2 heterocycles. The molecule has 1 N–H and O–H groups in total. The number of nitrogens with one attached hydrogen (secondary N) is 1. The molecule has 8 nitrogen and oxygen atoms in total. The van der Waals surface area contributed by atoms with Crippen LogP contribution in [0.4, 0.5) is 5.95 Å². The minimum absolute atomic E-state index is 0.224. The topological polar surface area (TPSA) is 91.2 Å². The fourth-order valence-electron chi connectivity index (χ4n) is 2.80. The summed E-state index contributed by atoms with van der Waals surface area (Å²) in [7, 11) is 0. The van der Waals surface area contributed by atoms with Gasteiger partial charge in [-0.1, -0.05) is 17.2 Å². The fourth-order valence-corrected chi connectivity index (χ4v) is 2.80. The molecule has 3 rings (SSSR count). The van der Waals surface area contributed by atoms with Gasteiger partial charge >= 0.3 is 5.97 Å². The summed E-state index contributed by atoms with van der Waals surface area (Å²) < 4.78 is 12.6. The van der Waals surface area contributed by atoms with Gasteiger partial charge in [0.2, 0.25) is 5.95 Å². The lowest BCUT2D eigenvalue weighted by atomic mass is 9.95. The van der Waals surface area contributed by atoms with E-state index in [1.165, 1.54) is 0 Å². The van der Waals surface area contributed by atoms with Crippen molar-refractivity contribution in [1.82, 2.24) is 20.2 Å². The van der Waals surface area contributed by atoms with E-state index in [4.69, 9.17) is 9.47 Å². The molecule has 0 spiro atoms. The Hall–Kier alpha value is -2.90. The largest absolute Gasteiger partial charge is 0.494 e. The Balaban J connectivity index is 2.09. The number of nitrogens with zero attached hydrogens (tertiary/aromatic N) is 4. The number of hydrogen-bond donors (Lipinski definition) is 1. The molecule has 25 heavy (non-hydrogen) atoms. The van der Waals surface area contributed by atoms with E-state index in [0.29, 0.717) is 23.8 Å². The van der Waals surface area contributed by atoms with E-state index in [2.05, 4.69) is 20.8 Å². The highest BCUT2D eigenvalue weighted by Gasteiger charge is 2.35. The van der Waals surface area contributed by atoms with Gasteiger partial charge in [-0.05, 0) is 55.8 Å². The van der Waals surface area contributed by atoms with Gasteiger partial charge in [-0.15, -0.1) is 0 Å². The number of carbonyl (C=O) groups excluding carboxylic acids is 1. The van der Waals surface area contributed by atoms with Gasteiger partial charge in [-0.3, -0.25) is 0 Å². The number of fused-ring (bicyclic) bond motifs is 1.